The maximum absolute atomic E-state index is 13.4. The van der Waals surface area contributed by atoms with Gasteiger partial charge in [-0.15, -0.1) is 0 Å². The highest BCUT2D eigenvalue weighted by atomic mass is 35.5. The fourth-order valence-corrected chi connectivity index (χ4v) is 3.94. The Morgan fingerprint density at radius 1 is 1.03 bits per heavy atom. The molecule has 1 aromatic heterocycles. The Balaban J connectivity index is 1.55. The summed E-state index contributed by atoms with van der Waals surface area (Å²) in [6.07, 6.45) is -1.82. The SMILES string of the molecule is COc1ncccc1-c1ccc(OCC2=CC(C(F)(F)F)NN2c2c(Cl)cccc2Cl)cc1. The lowest BCUT2D eigenvalue weighted by Crippen LogP contribution is -2.45. The van der Waals surface area contributed by atoms with E-state index < -0.39 is 12.2 Å². The molecule has 172 valence electrons. The van der Waals surface area contributed by atoms with E-state index in [1.54, 1.807) is 42.6 Å². The molecule has 2 aromatic carbocycles. The number of rotatable bonds is 6. The highest BCUT2D eigenvalue weighted by Gasteiger charge is 2.44. The summed E-state index contributed by atoms with van der Waals surface area (Å²) in [5.41, 5.74) is 4.52. The second-order valence-electron chi connectivity index (χ2n) is 7.09. The van der Waals surface area contributed by atoms with E-state index in [2.05, 4.69) is 10.4 Å². The lowest BCUT2D eigenvalue weighted by atomic mass is 10.1. The number of ether oxygens (including phenoxy) is 2. The number of benzene rings is 2. The molecule has 0 amide bonds. The van der Waals surface area contributed by atoms with E-state index in [1.807, 2.05) is 18.2 Å². The van der Waals surface area contributed by atoms with Gasteiger partial charge in [-0.05, 0) is 48.0 Å². The standard InChI is InChI=1S/C23H18Cl2F3N3O2/c1-32-22-17(4-3-11-29-22)14-7-9-16(10-8-14)33-13-15-12-20(23(26,27)28)30-31(15)21-18(24)5-2-6-19(21)25/h2-12,20,30H,13H2,1H3. The second-order valence-corrected chi connectivity index (χ2v) is 7.90. The zero-order valence-electron chi connectivity index (χ0n) is 17.2. The number of hydrogen-bond donors (Lipinski definition) is 1. The van der Waals surface area contributed by atoms with Gasteiger partial charge in [-0.3, -0.25) is 5.01 Å². The van der Waals surface area contributed by atoms with E-state index in [1.165, 1.54) is 12.1 Å². The minimum Gasteiger partial charge on any atom is -0.487 e. The molecule has 0 bridgehead atoms. The summed E-state index contributed by atoms with van der Waals surface area (Å²) in [4.78, 5) is 4.18. The molecule has 1 N–H and O–H groups in total. The highest BCUT2D eigenvalue weighted by molar-refractivity contribution is 6.39. The van der Waals surface area contributed by atoms with E-state index in [0.29, 0.717) is 11.6 Å². The number of halogens is 5. The number of methoxy groups -OCH3 is 1. The van der Waals surface area contributed by atoms with E-state index >= 15 is 0 Å². The maximum atomic E-state index is 13.4. The molecular weight excluding hydrogens is 478 g/mol. The molecular formula is C23H18Cl2F3N3O2. The van der Waals surface area contributed by atoms with Gasteiger partial charge < -0.3 is 9.47 Å². The molecule has 2 heterocycles. The van der Waals surface area contributed by atoms with Crippen molar-refractivity contribution in [3.63, 3.8) is 0 Å². The molecule has 1 unspecified atom stereocenters. The first-order valence-electron chi connectivity index (χ1n) is 9.78. The van der Waals surface area contributed by atoms with Crippen molar-refractivity contribution >= 4 is 28.9 Å². The summed E-state index contributed by atoms with van der Waals surface area (Å²) < 4.78 is 51.3. The third-order valence-electron chi connectivity index (χ3n) is 4.94. The van der Waals surface area contributed by atoms with Crippen LogP contribution in [0.15, 0.2) is 72.6 Å². The average molecular weight is 496 g/mol. The molecule has 0 saturated heterocycles. The third-order valence-corrected chi connectivity index (χ3v) is 5.55. The molecule has 0 saturated carbocycles. The summed E-state index contributed by atoms with van der Waals surface area (Å²) in [6, 6.07) is 13.6. The van der Waals surface area contributed by atoms with Crippen molar-refractivity contribution in [2.24, 2.45) is 0 Å². The Bertz CT molecular complexity index is 1150. The van der Waals surface area contributed by atoms with E-state index in [4.69, 9.17) is 32.7 Å². The van der Waals surface area contributed by atoms with Crippen LogP contribution in [0.25, 0.3) is 11.1 Å². The van der Waals surface area contributed by atoms with Gasteiger partial charge in [-0.2, -0.15) is 13.2 Å². The molecule has 1 aliphatic rings. The van der Waals surface area contributed by atoms with E-state index in [-0.39, 0.29) is 28.0 Å². The van der Waals surface area contributed by atoms with Crippen LogP contribution in [0.5, 0.6) is 11.6 Å². The fourth-order valence-electron chi connectivity index (χ4n) is 3.38. The van der Waals surface area contributed by atoms with Crippen LogP contribution in [-0.2, 0) is 0 Å². The number of hydrogen-bond acceptors (Lipinski definition) is 5. The zero-order chi connectivity index (χ0) is 23.6. The van der Waals surface area contributed by atoms with Crippen molar-refractivity contribution in [1.29, 1.82) is 0 Å². The number of alkyl halides is 3. The summed E-state index contributed by atoms with van der Waals surface area (Å²) in [6.45, 7) is -0.142. The van der Waals surface area contributed by atoms with Gasteiger partial charge in [0.15, 0.2) is 0 Å². The van der Waals surface area contributed by atoms with Crippen molar-refractivity contribution in [1.82, 2.24) is 10.4 Å². The summed E-state index contributed by atoms with van der Waals surface area (Å²) in [5, 5.41) is 1.63. The molecule has 0 radical (unpaired) electrons. The van der Waals surface area contributed by atoms with Gasteiger partial charge in [-0.25, -0.2) is 10.4 Å². The minimum atomic E-state index is -4.50. The summed E-state index contributed by atoms with van der Waals surface area (Å²) in [7, 11) is 1.54. The van der Waals surface area contributed by atoms with Gasteiger partial charge in [-0.1, -0.05) is 41.4 Å². The van der Waals surface area contributed by atoms with Crippen LogP contribution in [0.4, 0.5) is 18.9 Å². The molecule has 5 nitrogen and oxygen atoms in total. The predicted molar refractivity (Wildman–Crippen MR) is 122 cm³/mol. The van der Waals surface area contributed by atoms with Crippen LogP contribution < -0.4 is 19.9 Å². The molecule has 1 aliphatic heterocycles. The average Bonchev–Trinajstić information content (AvgIpc) is 3.22. The quantitative estimate of drug-likeness (QED) is 0.435. The normalized spacial score (nSPS) is 16.0. The first kappa shape index (κ1) is 23.2. The smallest absolute Gasteiger partial charge is 0.409 e. The van der Waals surface area contributed by atoms with Crippen LogP contribution in [0, 0.1) is 0 Å². The lowest BCUT2D eigenvalue weighted by molar-refractivity contribution is -0.142. The van der Waals surface area contributed by atoms with Crippen LogP contribution in [0.3, 0.4) is 0 Å². The number of anilines is 1. The summed E-state index contributed by atoms with van der Waals surface area (Å²) >= 11 is 12.4. The molecule has 33 heavy (non-hydrogen) atoms. The lowest BCUT2D eigenvalue weighted by Gasteiger charge is -2.26. The Kier molecular flexibility index (Phi) is 6.69. The number of nitrogens with zero attached hydrogens (tertiary/aromatic N) is 2. The van der Waals surface area contributed by atoms with Crippen LogP contribution >= 0.6 is 23.2 Å². The molecule has 0 spiro atoms. The van der Waals surface area contributed by atoms with Gasteiger partial charge in [0, 0.05) is 11.8 Å². The Morgan fingerprint density at radius 3 is 2.36 bits per heavy atom. The number of nitrogens with one attached hydrogen (secondary N) is 1. The van der Waals surface area contributed by atoms with Crippen molar-refractivity contribution < 1.29 is 22.6 Å². The van der Waals surface area contributed by atoms with Gasteiger partial charge in [0.25, 0.3) is 0 Å². The van der Waals surface area contributed by atoms with Crippen molar-refractivity contribution in [2.75, 3.05) is 18.7 Å². The highest BCUT2D eigenvalue weighted by Crippen LogP contribution is 2.38. The number of para-hydroxylation sites is 1. The predicted octanol–water partition coefficient (Wildman–Crippen LogP) is 6.28. The molecule has 1 atom stereocenters. The monoisotopic (exact) mass is 495 g/mol. The molecule has 4 rings (SSSR count). The van der Waals surface area contributed by atoms with Gasteiger partial charge in [0.2, 0.25) is 5.88 Å². The number of hydrazine groups is 1. The fraction of sp³-hybridized carbons (Fsp3) is 0.174. The number of aromatic nitrogens is 1. The first-order valence-corrected chi connectivity index (χ1v) is 10.5. The second kappa shape index (κ2) is 9.51. The van der Waals surface area contributed by atoms with Crippen molar-refractivity contribution in [3.05, 3.63) is 82.6 Å². The van der Waals surface area contributed by atoms with Gasteiger partial charge >= 0.3 is 6.18 Å². The molecule has 3 aromatic rings. The molecule has 0 aliphatic carbocycles. The largest absolute Gasteiger partial charge is 0.487 e. The summed E-state index contributed by atoms with van der Waals surface area (Å²) in [5.74, 6) is 0.960. The van der Waals surface area contributed by atoms with Crippen LogP contribution in [0.2, 0.25) is 10.0 Å². The molecule has 10 heteroatoms. The van der Waals surface area contributed by atoms with E-state index in [9.17, 15) is 13.2 Å². The zero-order valence-corrected chi connectivity index (χ0v) is 18.7. The van der Waals surface area contributed by atoms with Crippen molar-refractivity contribution in [3.8, 4) is 22.8 Å². The van der Waals surface area contributed by atoms with Crippen LogP contribution in [-0.4, -0.2) is 30.9 Å². The third kappa shape index (κ3) is 5.03. The first-order chi connectivity index (χ1) is 15.8. The Labute approximate surface area is 198 Å². The van der Waals surface area contributed by atoms with Crippen LogP contribution in [0.1, 0.15) is 0 Å². The van der Waals surface area contributed by atoms with Gasteiger partial charge in [0.1, 0.15) is 18.4 Å². The minimum absolute atomic E-state index is 0.142. The molecule has 0 fully saturated rings. The van der Waals surface area contributed by atoms with Gasteiger partial charge in [0.05, 0.1) is 28.5 Å². The van der Waals surface area contributed by atoms with Crippen molar-refractivity contribution in [2.45, 2.75) is 12.2 Å². The Morgan fingerprint density at radius 2 is 1.73 bits per heavy atom. The maximum Gasteiger partial charge on any atom is 0.409 e. The van der Waals surface area contributed by atoms with E-state index in [0.717, 1.165) is 17.2 Å². The number of pyridine rings is 1. The Hall–Kier alpha value is -2.94. The topological polar surface area (TPSA) is 46.6 Å².